The Bertz CT molecular complexity index is 491. The third-order valence-electron chi connectivity index (χ3n) is 3.85. The molecule has 0 saturated carbocycles. The number of benzene rings is 1. The van der Waals surface area contributed by atoms with Crippen LogP contribution in [0.15, 0.2) is 24.3 Å². The number of anilines is 1. The average molecular weight is 352 g/mol. The van der Waals surface area contributed by atoms with Crippen LogP contribution in [0.25, 0.3) is 0 Å². The lowest BCUT2D eigenvalue weighted by Crippen LogP contribution is -2.53. The Morgan fingerprint density at radius 2 is 1.73 bits per heavy atom. The Labute approximate surface area is 143 Å². The maximum Gasteiger partial charge on any atom is 0.229 e. The molecule has 1 aromatic carbocycles. The van der Waals surface area contributed by atoms with E-state index in [4.69, 9.17) is 5.73 Å². The van der Waals surface area contributed by atoms with E-state index in [1.54, 1.807) is 12.1 Å². The molecule has 0 atom stereocenters. The van der Waals surface area contributed by atoms with Gasteiger partial charge in [-0.05, 0) is 26.0 Å². The summed E-state index contributed by atoms with van der Waals surface area (Å²) in [6.45, 7) is 6.56. The van der Waals surface area contributed by atoms with Gasteiger partial charge in [-0.15, -0.1) is 24.8 Å². The fourth-order valence-electron chi connectivity index (χ4n) is 2.37. The SMILES string of the molecule is CC(C)(CN)C(=O)N1CCN(c2ccccc2F)CC1.Cl.Cl. The van der Waals surface area contributed by atoms with Crippen molar-refractivity contribution in [3.05, 3.63) is 30.1 Å². The molecule has 0 bridgehead atoms. The van der Waals surface area contributed by atoms with Gasteiger partial charge in [-0.1, -0.05) is 12.1 Å². The number of piperazine rings is 1. The minimum atomic E-state index is -0.528. The van der Waals surface area contributed by atoms with Gasteiger partial charge >= 0.3 is 0 Å². The Morgan fingerprint density at radius 3 is 2.23 bits per heavy atom. The molecule has 1 amide bonds. The van der Waals surface area contributed by atoms with Crippen molar-refractivity contribution in [2.75, 3.05) is 37.6 Å². The van der Waals surface area contributed by atoms with Crippen LogP contribution in [0.1, 0.15) is 13.8 Å². The molecule has 1 fully saturated rings. The van der Waals surface area contributed by atoms with Crippen molar-refractivity contribution >= 4 is 36.4 Å². The van der Waals surface area contributed by atoms with Crippen molar-refractivity contribution in [2.45, 2.75) is 13.8 Å². The van der Waals surface area contributed by atoms with E-state index in [1.807, 2.05) is 29.7 Å². The van der Waals surface area contributed by atoms with Crippen LogP contribution in [-0.4, -0.2) is 43.5 Å². The second-order valence-corrected chi connectivity index (χ2v) is 5.82. The molecule has 0 spiro atoms. The van der Waals surface area contributed by atoms with E-state index in [9.17, 15) is 9.18 Å². The van der Waals surface area contributed by atoms with Crippen molar-refractivity contribution < 1.29 is 9.18 Å². The lowest BCUT2D eigenvalue weighted by Gasteiger charge is -2.39. The van der Waals surface area contributed by atoms with Crippen LogP contribution >= 0.6 is 24.8 Å². The predicted molar refractivity (Wildman–Crippen MR) is 92.5 cm³/mol. The maximum atomic E-state index is 13.7. The minimum absolute atomic E-state index is 0. The summed E-state index contributed by atoms with van der Waals surface area (Å²) >= 11 is 0. The van der Waals surface area contributed by atoms with Gasteiger partial charge in [0, 0.05) is 32.7 Å². The van der Waals surface area contributed by atoms with Crippen molar-refractivity contribution in [3.63, 3.8) is 0 Å². The summed E-state index contributed by atoms with van der Waals surface area (Å²) in [7, 11) is 0. The first kappa shape index (κ1) is 21.0. The zero-order valence-corrected chi connectivity index (χ0v) is 14.6. The topological polar surface area (TPSA) is 49.6 Å². The Morgan fingerprint density at radius 1 is 1.18 bits per heavy atom. The number of rotatable bonds is 3. The minimum Gasteiger partial charge on any atom is -0.366 e. The number of carbonyl (C=O) groups is 1. The number of nitrogens with two attached hydrogens (primary N) is 1. The smallest absolute Gasteiger partial charge is 0.229 e. The van der Waals surface area contributed by atoms with Gasteiger partial charge in [0.1, 0.15) is 5.82 Å². The van der Waals surface area contributed by atoms with Crippen LogP contribution in [0, 0.1) is 11.2 Å². The van der Waals surface area contributed by atoms with Gasteiger partial charge in [0.15, 0.2) is 0 Å². The first-order valence-electron chi connectivity index (χ1n) is 6.94. The van der Waals surface area contributed by atoms with E-state index < -0.39 is 5.41 Å². The van der Waals surface area contributed by atoms with Crippen LogP contribution in [-0.2, 0) is 4.79 Å². The monoisotopic (exact) mass is 351 g/mol. The summed E-state index contributed by atoms with van der Waals surface area (Å²) < 4.78 is 13.7. The van der Waals surface area contributed by atoms with Crippen molar-refractivity contribution in [2.24, 2.45) is 11.1 Å². The summed E-state index contributed by atoms with van der Waals surface area (Å²) in [5.41, 5.74) is 5.73. The van der Waals surface area contributed by atoms with Crippen LogP contribution in [0.5, 0.6) is 0 Å². The molecule has 0 aliphatic carbocycles. The second-order valence-electron chi connectivity index (χ2n) is 5.82. The van der Waals surface area contributed by atoms with E-state index in [-0.39, 0.29) is 36.5 Å². The van der Waals surface area contributed by atoms with Gasteiger partial charge in [-0.2, -0.15) is 0 Å². The lowest BCUT2D eigenvalue weighted by atomic mass is 9.91. The van der Waals surface area contributed by atoms with Crippen LogP contribution in [0.4, 0.5) is 10.1 Å². The molecular formula is C15H24Cl2FN3O. The van der Waals surface area contributed by atoms with Gasteiger partial charge in [0.05, 0.1) is 11.1 Å². The quantitative estimate of drug-likeness (QED) is 0.908. The van der Waals surface area contributed by atoms with E-state index in [0.717, 1.165) is 0 Å². The fraction of sp³-hybridized carbons (Fsp3) is 0.533. The zero-order chi connectivity index (χ0) is 14.8. The van der Waals surface area contributed by atoms with Crippen LogP contribution < -0.4 is 10.6 Å². The van der Waals surface area contributed by atoms with Crippen molar-refractivity contribution in [1.82, 2.24) is 4.90 Å². The molecule has 0 radical (unpaired) electrons. The summed E-state index contributed by atoms with van der Waals surface area (Å²) in [6, 6.07) is 6.75. The first-order chi connectivity index (χ1) is 9.45. The molecule has 7 heteroatoms. The van der Waals surface area contributed by atoms with Gasteiger partial charge in [0.25, 0.3) is 0 Å². The van der Waals surface area contributed by atoms with Crippen LogP contribution in [0.2, 0.25) is 0 Å². The Balaban J connectivity index is 0.00000220. The van der Waals surface area contributed by atoms with Gasteiger partial charge in [0.2, 0.25) is 5.91 Å². The zero-order valence-electron chi connectivity index (χ0n) is 12.9. The highest BCUT2D eigenvalue weighted by Gasteiger charge is 2.32. The number of nitrogens with zero attached hydrogens (tertiary/aromatic N) is 2. The Kier molecular flexibility index (Phi) is 8.15. The van der Waals surface area contributed by atoms with Gasteiger partial charge in [-0.3, -0.25) is 4.79 Å². The number of amides is 1. The molecule has 0 aromatic heterocycles. The Hall–Kier alpha value is -1.04. The summed E-state index contributed by atoms with van der Waals surface area (Å²) in [5, 5.41) is 0. The lowest BCUT2D eigenvalue weighted by molar-refractivity contribution is -0.140. The maximum absolute atomic E-state index is 13.7. The number of halogens is 3. The molecule has 126 valence electrons. The average Bonchev–Trinajstić information content (AvgIpc) is 2.47. The molecule has 1 aliphatic rings. The summed E-state index contributed by atoms with van der Waals surface area (Å²) in [5.74, 6) is -0.136. The van der Waals surface area contributed by atoms with Crippen molar-refractivity contribution in [1.29, 1.82) is 0 Å². The molecule has 1 aliphatic heterocycles. The molecule has 22 heavy (non-hydrogen) atoms. The second kappa shape index (κ2) is 8.56. The molecule has 1 aromatic rings. The third kappa shape index (κ3) is 4.48. The fourth-order valence-corrected chi connectivity index (χ4v) is 2.37. The normalized spacial score (nSPS) is 14.9. The van der Waals surface area contributed by atoms with Crippen LogP contribution in [0.3, 0.4) is 0 Å². The van der Waals surface area contributed by atoms with Crippen molar-refractivity contribution in [3.8, 4) is 0 Å². The molecule has 0 unspecified atom stereocenters. The molecular weight excluding hydrogens is 328 g/mol. The highest BCUT2D eigenvalue weighted by Crippen LogP contribution is 2.22. The number of para-hydroxylation sites is 1. The number of hydrogen-bond acceptors (Lipinski definition) is 3. The standard InChI is InChI=1S/C15H22FN3O.2ClH/c1-15(2,11-17)14(20)19-9-7-18(8-10-19)13-6-4-3-5-12(13)16;;/h3-6H,7-11,17H2,1-2H3;2*1H. The highest BCUT2D eigenvalue weighted by molar-refractivity contribution is 5.85. The largest absolute Gasteiger partial charge is 0.366 e. The summed E-state index contributed by atoms with van der Waals surface area (Å²) in [4.78, 5) is 16.1. The summed E-state index contributed by atoms with van der Waals surface area (Å²) in [6.07, 6.45) is 0. The number of hydrogen-bond donors (Lipinski definition) is 1. The van der Waals surface area contributed by atoms with Gasteiger partial charge < -0.3 is 15.5 Å². The van der Waals surface area contributed by atoms with E-state index in [1.165, 1.54) is 6.07 Å². The highest BCUT2D eigenvalue weighted by atomic mass is 35.5. The molecule has 2 N–H and O–H groups in total. The van der Waals surface area contributed by atoms with E-state index in [2.05, 4.69) is 0 Å². The predicted octanol–water partition coefficient (Wildman–Crippen LogP) is 2.30. The van der Waals surface area contributed by atoms with Gasteiger partial charge in [-0.25, -0.2) is 4.39 Å². The number of carbonyl (C=O) groups excluding carboxylic acids is 1. The molecule has 4 nitrogen and oxygen atoms in total. The van der Waals surface area contributed by atoms with E-state index >= 15 is 0 Å². The third-order valence-corrected chi connectivity index (χ3v) is 3.85. The molecule has 2 rings (SSSR count). The molecule has 1 heterocycles. The molecule has 1 saturated heterocycles. The van der Waals surface area contributed by atoms with E-state index in [0.29, 0.717) is 38.4 Å². The first-order valence-corrected chi connectivity index (χ1v) is 6.94.